The molecular weight excluding hydrogens is 1160 g/mol. The van der Waals surface area contributed by atoms with Crippen LogP contribution in [0.5, 0.6) is 0 Å². The Morgan fingerprint density at radius 1 is 0.477 bits per heavy atom. The smallest absolute Gasteiger partial charge is 0.462 e. The molecule has 13 atom stereocenters. The van der Waals surface area contributed by atoms with Crippen molar-refractivity contribution in [3.63, 3.8) is 0 Å². The lowest BCUT2D eigenvalue weighted by Crippen LogP contribution is -2.67. The molecule has 0 bridgehead atoms. The normalized spacial score (nSPS) is 23.8. The van der Waals surface area contributed by atoms with Crippen LogP contribution in [0.3, 0.4) is 0 Å². The maximum atomic E-state index is 14.0. The molecule has 2 heterocycles. The standard InChI is InChI=1S/C60H114N2O22P2/c1-5-9-13-17-21-23-27-31-35-39-51(67)79-44(36-32-28-24-19-15-11-7-3)40-49(65)62-53-56(70)57(83-85(72,73)74)47(42-63)81-59(53)78-43-48-54(68)55(69)52(60(82-48)84-86(75,76)77)61-50(66)41-45(37-33-29-25-20-16-12-8-4)80-58(71)46(64)38-34-30-26-22-18-14-10-6-2/h44-48,52-57,59-60,63-64,68-70H,5-43H2,1-4H3,(H,61,66)(H,62,65)(H2,72,73,74)(H2,75,76,77)/t44-,45-,46+,47-,48-,52+,53+,54-,55-,56-,57-,59-,60+/m1/s1. The average Bonchev–Trinajstić information content (AvgIpc) is 2.39. The molecule has 26 heteroatoms. The summed E-state index contributed by atoms with van der Waals surface area (Å²) in [7, 11) is -10.9. The summed E-state index contributed by atoms with van der Waals surface area (Å²) in [5.74, 6) is -3.12. The number of aliphatic hydroxyl groups is 5. The molecule has 11 N–H and O–H groups in total. The Hall–Kier alpha value is -2.22. The molecule has 0 aromatic rings. The van der Waals surface area contributed by atoms with Crippen molar-refractivity contribution >= 4 is 39.4 Å². The van der Waals surface area contributed by atoms with E-state index in [0.717, 1.165) is 141 Å². The zero-order valence-electron chi connectivity index (χ0n) is 52.3. The number of nitrogens with one attached hydrogen (secondary N) is 2. The van der Waals surface area contributed by atoms with Crippen LogP contribution in [0.4, 0.5) is 0 Å². The van der Waals surface area contributed by atoms with Crippen LogP contribution in [0.2, 0.25) is 0 Å². The van der Waals surface area contributed by atoms with Gasteiger partial charge in [0.1, 0.15) is 60.9 Å². The third-order valence-corrected chi connectivity index (χ3v) is 16.9. The van der Waals surface area contributed by atoms with Gasteiger partial charge in [-0.3, -0.25) is 23.4 Å². The van der Waals surface area contributed by atoms with Crippen molar-refractivity contribution in [1.82, 2.24) is 10.6 Å². The number of phosphoric ester groups is 2. The van der Waals surface area contributed by atoms with Crippen LogP contribution < -0.4 is 10.6 Å². The second-order valence-electron chi connectivity index (χ2n) is 23.7. The Bertz CT molecular complexity index is 1900. The third kappa shape index (κ3) is 36.0. The molecule has 0 spiro atoms. The van der Waals surface area contributed by atoms with Crippen molar-refractivity contribution < 1.29 is 106 Å². The van der Waals surface area contributed by atoms with Crippen LogP contribution in [0.1, 0.15) is 265 Å². The second-order valence-corrected chi connectivity index (χ2v) is 26.1. The number of carbonyl (C=O) groups is 4. The van der Waals surface area contributed by atoms with E-state index in [1.807, 2.05) is 0 Å². The van der Waals surface area contributed by atoms with Gasteiger partial charge in [-0.25, -0.2) is 13.9 Å². The molecule has 0 aromatic carbocycles. The van der Waals surface area contributed by atoms with Gasteiger partial charge in [0, 0.05) is 6.42 Å². The highest BCUT2D eigenvalue weighted by molar-refractivity contribution is 7.46. The number of aliphatic hydroxyl groups excluding tert-OH is 5. The predicted molar refractivity (Wildman–Crippen MR) is 322 cm³/mol. The third-order valence-electron chi connectivity index (χ3n) is 15.9. The van der Waals surface area contributed by atoms with Crippen LogP contribution >= 0.6 is 15.6 Å². The van der Waals surface area contributed by atoms with Gasteiger partial charge < -0.3 is 79.4 Å². The molecule has 2 aliphatic rings. The average molecular weight is 1280 g/mol. The van der Waals surface area contributed by atoms with E-state index >= 15 is 0 Å². The molecule has 0 saturated carbocycles. The first-order valence-electron chi connectivity index (χ1n) is 32.8. The summed E-state index contributed by atoms with van der Waals surface area (Å²) in [6.07, 6.45) is 11.2. The molecule has 0 aliphatic carbocycles. The van der Waals surface area contributed by atoms with Gasteiger partial charge in [-0.1, -0.05) is 207 Å². The number of hydrogen-bond donors (Lipinski definition) is 11. The zero-order chi connectivity index (χ0) is 63.8. The predicted octanol–water partition coefficient (Wildman–Crippen LogP) is 8.78. The van der Waals surface area contributed by atoms with Crippen LogP contribution in [0, 0.1) is 0 Å². The lowest BCUT2D eigenvalue weighted by molar-refractivity contribution is -0.294. The van der Waals surface area contributed by atoms with Gasteiger partial charge in [-0.05, 0) is 38.5 Å². The monoisotopic (exact) mass is 1280 g/mol. The lowest BCUT2D eigenvalue weighted by atomic mass is 9.95. The lowest BCUT2D eigenvalue weighted by Gasteiger charge is -2.45. The van der Waals surface area contributed by atoms with Crippen molar-refractivity contribution in [2.75, 3.05) is 13.2 Å². The number of unbranched alkanes of at least 4 members (excludes halogenated alkanes) is 27. The number of phosphoric acid groups is 2. The summed E-state index contributed by atoms with van der Waals surface area (Å²) < 4.78 is 63.2. The van der Waals surface area contributed by atoms with E-state index < -0.39 is 145 Å². The van der Waals surface area contributed by atoms with Crippen LogP contribution in [-0.4, -0.2) is 162 Å². The molecule has 0 aromatic heterocycles. The van der Waals surface area contributed by atoms with E-state index in [-0.39, 0.29) is 19.3 Å². The number of carbonyl (C=O) groups excluding carboxylic acids is 4. The van der Waals surface area contributed by atoms with Crippen molar-refractivity contribution in [3.05, 3.63) is 0 Å². The fourth-order valence-electron chi connectivity index (χ4n) is 10.9. The van der Waals surface area contributed by atoms with E-state index in [4.69, 9.17) is 32.7 Å². The summed E-state index contributed by atoms with van der Waals surface area (Å²) >= 11 is 0. The minimum atomic E-state index is -5.51. The quantitative estimate of drug-likeness (QED) is 0.0154. The van der Waals surface area contributed by atoms with E-state index in [1.165, 1.54) is 32.1 Å². The summed E-state index contributed by atoms with van der Waals surface area (Å²) in [5.41, 5.74) is 0. The SMILES string of the molecule is CCCCCCCCCCCC(=O)O[C@H](CCCCCCCCC)CC(=O)N[C@@H]1[C@H](OC[C@H]2O[C@@H](OP(=O)(O)O)[C@@H](NC(=O)C[C@@H](CCCCCCCCC)OC(=O)[C@@H](O)CCCCCCCCCC)[C@@H](O)[C@@H]2O)O[C@H](CO)[C@@H](OP(=O)(O)O)[C@@H]1O. The van der Waals surface area contributed by atoms with Gasteiger partial charge in [0.25, 0.3) is 0 Å². The minimum Gasteiger partial charge on any atom is -0.462 e. The maximum absolute atomic E-state index is 14.0. The molecule has 86 heavy (non-hydrogen) atoms. The fraction of sp³-hybridized carbons (Fsp3) is 0.933. The van der Waals surface area contributed by atoms with E-state index in [9.17, 15) is 73.4 Å². The second kappa shape index (κ2) is 46.8. The summed E-state index contributed by atoms with van der Waals surface area (Å²) in [6.45, 7) is 6.64. The van der Waals surface area contributed by atoms with Gasteiger partial charge in [0.05, 0.1) is 26.1 Å². The van der Waals surface area contributed by atoms with E-state index in [2.05, 4.69) is 38.3 Å². The first-order chi connectivity index (χ1) is 41.1. The number of ether oxygens (including phenoxy) is 5. The molecule has 0 unspecified atom stereocenters. The van der Waals surface area contributed by atoms with E-state index in [0.29, 0.717) is 32.1 Å². The Labute approximate surface area is 512 Å². The highest BCUT2D eigenvalue weighted by Crippen LogP contribution is 2.43. The number of amides is 2. The van der Waals surface area contributed by atoms with E-state index in [1.54, 1.807) is 0 Å². The summed E-state index contributed by atoms with van der Waals surface area (Å²) in [5, 5.41) is 60.6. The largest absolute Gasteiger partial charge is 0.472 e. The zero-order valence-corrected chi connectivity index (χ0v) is 54.1. The van der Waals surface area contributed by atoms with Crippen LogP contribution in [-0.2, 0) is 61.0 Å². The number of esters is 2. The molecule has 2 fully saturated rings. The first kappa shape index (κ1) is 79.9. The van der Waals surface area contributed by atoms with Gasteiger partial charge in [0.15, 0.2) is 18.7 Å². The highest BCUT2D eigenvalue weighted by atomic mass is 31.2. The van der Waals surface area contributed by atoms with Gasteiger partial charge in [-0.2, -0.15) is 0 Å². The molecular formula is C60H114N2O22P2. The number of hydrogen-bond acceptors (Lipinski definition) is 18. The number of rotatable bonds is 52. The first-order valence-corrected chi connectivity index (χ1v) is 35.9. The highest BCUT2D eigenvalue weighted by Gasteiger charge is 2.52. The van der Waals surface area contributed by atoms with Crippen molar-refractivity contribution in [2.45, 2.75) is 345 Å². The van der Waals surface area contributed by atoms with Crippen molar-refractivity contribution in [1.29, 1.82) is 0 Å². The molecule has 0 radical (unpaired) electrons. The molecule has 506 valence electrons. The topological polar surface area (TPSA) is 373 Å². The van der Waals surface area contributed by atoms with Crippen molar-refractivity contribution in [3.8, 4) is 0 Å². The Morgan fingerprint density at radius 2 is 0.860 bits per heavy atom. The van der Waals surface area contributed by atoms with Gasteiger partial charge in [-0.15, -0.1) is 0 Å². The maximum Gasteiger partial charge on any atom is 0.472 e. The molecule has 2 rings (SSSR count). The minimum absolute atomic E-state index is 0.138. The Morgan fingerprint density at radius 3 is 1.29 bits per heavy atom. The van der Waals surface area contributed by atoms with Crippen molar-refractivity contribution in [2.24, 2.45) is 0 Å². The summed E-state index contributed by atoms with van der Waals surface area (Å²) in [6, 6.07) is -3.64. The van der Waals surface area contributed by atoms with Crippen LogP contribution in [0.25, 0.3) is 0 Å². The van der Waals surface area contributed by atoms with Gasteiger partial charge in [0.2, 0.25) is 11.8 Å². The van der Waals surface area contributed by atoms with Crippen LogP contribution in [0.15, 0.2) is 0 Å². The Balaban J connectivity index is 2.30. The molecule has 2 amide bonds. The summed E-state index contributed by atoms with van der Waals surface area (Å²) in [4.78, 5) is 93.6. The molecule has 2 aliphatic heterocycles. The molecule has 24 nitrogen and oxygen atoms in total. The molecule has 2 saturated heterocycles. The fourth-order valence-corrected chi connectivity index (χ4v) is 11.9. The van der Waals surface area contributed by atoms with Gasteiger partial charge >= 0.3 is 27.6 Å². The Kier molecular flexibility index (Phi) is 43.5.